The molecule has 0 unspecified atom stereocenters. The van der Waals surface area contributed by atoms with Gasteiger partial charge in [0.15, 0.2) is 0 Å². The van der Waals surface area contributed by atoms with Gasteiger partial charge in [0.05, 0.1) is 24.1 Å². The van der Waals surface area contributed by atoms with Gasteiger partial charge >= 0.3 is 0 Å². The first-order valence-corrected chi connectivity index (χ1v) is 12.4. The predicted molar refractivity (Wildman–Crippen MR) is 131 cm³/mol. The Bertz CT molecular complexity index is 1180. The second-order valence-electron chi connectivity index (χ2n) is 8.81. The van der Waals surface area contributed by atoms with Gasteiger partial charge in [-0.2, -0.15) is 0 Å². The number of rotatable bonds is 6. The lowest BCUT2D eigenvalue weighted by Gasteiger charge is -2.30. The summed E-state index contributed by atoms with van der Waals surface area (Å²) >= 11 is 1.26. The fourth-order valence-corrected chi connectivity index (χ4v) is 5.08. The van der Waals surface area contributed by atoms with Gasteiger partial charge in [-0.1, -0.05) is 12.5 Å². The van der Waals surface area contributed by atoms with E-state index in [1.54, 1.807) is 0 Å². The van der Waals surface area contributed by atoms with E-state index in [4.69, 9.17) is 14.9 Å². The first-order valence-electron chi connectivity index (χ1n) is 11.5. The fourth-order valence-electron chi connectivity index (χ4n) is 4.69. The molecule has 1 saturated carbocycles. The van der Waals surface area contributed by atoms with Crippen molar-refractivity contribution in [1.82, 2.24) is 9.55 Å². The molecule has 0 radical (unpaired) electrons. The summed E-state index contributed by atoms with van der Waals surface area (Å²) in [5.41, 5.74) is 4.48. The minimum absolute atomic E-state index is 0.0808. The van der Waals surface area contributed by atoms with Crippen molar-refractivity contribution in [3.05, 3.63) is 63.7 Å². The molecule has 5 rings (SSSR count). The number of hydrogen-bond donors (Lipinski definition) is 1. The molecule has 2 N–H and O–H groups in total. The second-order valence-corrected chi connectivity index (χ2v) is 9.52. The van der Waals surface area contributed by atoms with Gasteiger partial charge in [0, 0.05) is 36.1 Å². The number of nitrogens with zero attached hydrogens (tertiary/aromatic N) is 3. The maximum Gasteiger partial charge on any atom is 0.261 e. The summed E-state index contributed by atoms with van der Waals surface area (Å²) in [7, 11) is 0. The molecule has 0 amide bonds. The van der Waals surface area contributed by atoms with E-state index in [2.05, 4.69) is 42.2 Å². The Hall–Kier alpha value is -2.35. The second kappa shape index (κ2) is 9.25. The Labute approximate surface area is 192 Å². The monoisotopic (exact) mass is 450 g/mol. The lowest BCUT2D eigenvalue weighted by Crippen LogP contribution is -2.36. The third kappa shape index (κ3) is 4.17. The van der Waals surface area contributed by atoms with Crippen molar-refractivity contribution in [3.63, 3.8) is 0 Å². The van der Waals surface area contributed by atoms with Gasteiger partial charge in [0.25, 0.3) is 5.56 Å². The van der Waals surface area contributed by atoms with Crippen LogP contribution in [0.3, 0.4) is 0 Å². The SMILES string of the molecule is Cc1cc(SN)ccc1CCn1c(C2CCC2)nc2cc(N3CCOCC3)ccc2c1=O. The molecule has 1 aliphatic heterocycles. The highest BCUT2D eigenvalue weighted by Crippen LogP contribution is 2.35. The van der Waals surface area contributed by atoms with Crippen LogP contribution in [0.2, 0.25) is 0 Å². The smallest absolute Gasteiger partial charge is 0.261 e. The molecule has 6 nitrogen and oxygen atoms in total. The van der Waals surface area contributed by atoms with Crippen molar-refractivity contribution in [2.24, 2.45) is 5.14 Å². The number of benzene rings is 2. The van der Waals surface area contributed by atoms with Gasteiger partial charge in [-0.15, -0.1) is 0 Å². The molecule has 2 aromatic carbocycles. The molecule has 1 saturated heterocycles. The maximum absolute atomic E-state index is 13.6. The van der Waals surface area contributed by atoms with Crippen molar-refractivity contribution in [2.75, 3.05) is 31.2 Å². The molecule has 7 heteroatoms. The number of morpholine rings is 1. The molecule has 0 bridgehead atoms. The van der Waals surface area contributed by atoms with Crippen LogP contribution in [0.4, 0.5) is 5.69 Å². The zero-order valence-corrected chi connectivity index (χ0v) is 19.4. The first kappa shape index (κ1) is 21.5. The topological polar surface area (TPSA) is 73.4 Å². The predicted octanol–water partition coefficient (Wildman–Crippen LogP) is 4.02. The summed E-state index contributed by atoms with van der Waals surface area (Å²) in [6.07, 6.45) is 4.24. The highest BCUT2D eigenvalue weighted by atomic mass is 32.2. The Kier molecular flexibility index (Phi) is 6.22. The standard InChI is InChI=1S/C25H30N4O2S/c1-17-15-21(32-26)7-5-18(17)9-10-29-24(19-3-2-4-19)27-23-16-20(6-8-22(23)25(29)30)28-11-13-31-14-12-28/h5-8,15-16,19H,2-4,9-14,26H2,1H3. The highest BCUT2D eigenvalue weighted by molar-refractivity contribution is 7.97. The normalized spacial score (nSPS) is 17.0. The number of nitrogens with two attached hydrogens (primary N) is 1. The van der Waals surface area contributed by atoms with Crippen molar-refractivity contribution in [3.8, 4) is 0 Å². The molecule has 2 aliphatic rings. The van der Waals surface area contributed by atoms with Crippen molar-refractivity contribution in [1.29, 1.82) is 0 Å². The molecule has 2 fully saturated rings. The third-order valence-electron chi connectivity index (χ3n) is 6.87. The van der Waals surface area contributed by atoms with Crippen LogP contribution in [-0.2, 0) is 17.7 Å². The molecular formula is C25H30N4O2S. The number of aromatic nitrogens is 2. The summed E-state index contributed by atoms with van der Waals surface area (Å²) in [5, 5.41) is 6.40. The largest absolute Gasteiger partial charge is 0.378 e. The van der Waals surface area contributed by atoms with E-state index >= 15 is 0 Å². The van der Waals surface area contributed by atoms with E-state index in [9.17, 15) is 4.79 Å². The number of anilines is 1. The fraction of sp³-hybridized carbons (Fsp3) is 0.440. The molecule has 3 aromatic rings. The molecular weight excluding hydrogens is 420 g/mol. The number of fused-ring (bicyclic) bond motifs is 1. The van der Waals surface area contributed by atoms with Crippen LogP contribution >= 0.6 is 11.9 Å². The number of ether oxygens (including phenoxy) is 1. The summed E-state index contributed by atoms with van der Waals surface area (Å²) in [6.45, 7) is 5.98. The Balaban J connectivity index is 1.49. The van der Waals surface area contributed by atoms with Crippen LogP contribution in [-0.4, -0.2) is 35.9 Å². The average Bonchev–Trinajstić information content (AvgIpc) is 2.78. The molecule has 0 spiro atoms. The van der Waals surface area contributed by atoms with Gasteiger partial charge in [-0.3, -0.25) is 14.5 Å². The van der Waals surface area contributed by atoms with E-state index in [0.29, 0.717) is 17.8 Å². The van der Waals surface area contributed by atoms with E-state index < -0.39 is 0 Å². The van der Waals surface area contributed by atoms with Crippen molar-refractivity contribution < 1.29 is 4.74 Å². The number of hydrogen-bond acceptors (Lipinski definition) is 6. The van der Waals surface area contributed by atoms with Crippen LogP contribution < -0.4 is 15.6 Å². The minimum atomic E-state index is 0.0808. The van der Waals surface area contributed by atoms with Crippen LogP contribution in [0.25, 0.3) is 10.9 Å². The zero-order valence-electron chi connectivity index (χ0n) is 18.5. The average molecular weight is 451 g/mol. The summed E-state index contributed by atoms with van der Waals surface area (Å²) in [4.78, 5) is 22.0. The Morgan fingerprint density at radius 3 is 2.66 bits per heavy atom. The van der Waals surface area contributed by atoms with Gasteiger partial charge in [-0.25, -0.2) is 4.98 Å². The first-order chi connectivity index (χ1) is 15.6. The van der Waals surface area contributed by atoms with Gasteiger partial charge in [0.1, 0.15) is 5.82 Å². The molecule has 0 atom stereocenters. The summed E-state index contributed by atoms with van der Waals surface area (Å²) in [6, 6.07) is 12.4. The van der Waals surface area contributed by atoms with Crippen LogP contribution in [0.15, 0.2) is 46.1 Å². The quantitative estimate of drug-likeness (QED) is 0.572. The lowest BCUT2D eigenvalue weighted by molar-refractivity contribution is 0.122. The molecule has 2 heterocycles. The van der Waals surface area contributed by atoms with Crippen molar-refractivity contribution in [2.45, 2.75) is 50.0 Å². The van der Waals surface area contributed by atoms with Crippen molar-refractivity contribution >= 4 is 28.5 Å². The molecule has 168 valence electrons. The van der Waals surface area contributed by atoms with E-state index in [1.807, 2.05) is 10.6 Å². The third-order valence-corrected chi connectivity index (χ3v) is 7.40. The highest BCUT2D eigenvalue weighted by Gasteiger charge is 2.26. The summed E-state index contributed by atoms with van der Waals surface area (Å²) in [5.74, 6) is 1.34. The van der Waals surface area contributed by atoms with Gasteiger partial charge in [0.2, 0.25) is 0 Å². The Morgan fingerprint density at radius 1 is 1.16 bits per heavy atom. The number of aryl methyl sites for hydroxylation is 2. The van der Waals surface area contributed by atoms with Crippen LogP contribution in [0.5, 0.6) is 0 Å². The summed E-state index contributed by atoms with van der Waals surface area (Å²) < 4.78 is 7.42. The van der Waals surface area contributed by atoms with E-state index in [-0.39, 0.29) is 5.56 Å². The Morgan fingerprint density at radius 2 is 1.97 bits per heavy atom. The van der Waals surface area contributed by atoms with Gasteiger partial charge < -0.3 is 9.64 Å². The molecule has 1 aromatic heterocycles. The minimum Gasteiger partial charge on any atom is -0.378 e. The van der Waals surface area contributed by atoms with E-state index in [0.717, 1.165) is 67.5 Å². The van der Waals surface area contributed by atoms with Crippen LogP contribution in [0, 0.1) is 6.92 Å². The molecule has 32 heavy (non-hydrogen) atoms. The van der Waals surface area contributed by atoms with Gasteiger partial charge in [-0.05, 0) is 79.6 Å². The lowest BCUT2D eigenvalue weighted by atomic mass is 9.84. The maximum atomic E-state index is 13.6. The molecule has 1 aliphatic carbocycles. The van der Waals surface area contributed by atoms with Crippen LogP contribution in [0.1, 0.15) is 42.1 Å². The zero-order chi connectivity index (χ0) is 22.1. The van der Waals surface area contributed by atoms with E-state index in [1.165, 1.54) is 29.5 Å².